The van der Waals surface area contributed by atoms with Crippen molar-refractivity contribution in [3.05, 3.63) is 53.7 Å². The topological polar surface area (TPSA) is 65.9 Å². The summed E-state index contributed by atoms with van der Waals surface area (Å²) in [6, 6.07) is 9.04. The van der Waals surface area contributed by atoms with Crippen LogP contribution in [0.1, 0.15) is 11.1 Å². The minimum Gasteiger partial charge on any atom is -0.353 e. The van der Waals surface area contributed by atoms with Gasteiger partial charge in [-0.25, -0.2) is 4.98 Å². The predicted octanol–water partition coefficient (Wildman–Crippen LogP) is 2.37. The molecule has 1 saturated heterocycles. The number of nitrogens with zero attached hydrogens (tertiary/aromatic N) is 4. The van der Waals surface area contributed by atoms with Crippen molar-refractivity contribution in [3.63, 3.8) is 0 Å². The summed E-state index contributed by atoms with van der Waals surface area (Å²) in [5.41, 5.74) is -0.203. The molecular weight excluding hydrogens is 381 g/mol. The van der Waals surface area contributed by atoms with Gasteiger partial charge in [0.05, 0.1) is 5.56 Å². The first-order valence-corrected chi connectivity index (χ1v) is 9.67. The molecule has 2 aliphatic heterocycles. The molecule has 0 N–H and O–H groups in total. The highest BCUT2D eigenvalue weighted by molar-refractivity contribution is 7.90. The Hall–Kier alpha value is -2.62. The molecule has 142 valence electrons. The zero-order valence-corrected chi connectivity index (χ0v) is 14.8. The number of hydrogen-bond donors (Lipinski definition) is 0. The van der Waals surface area contributed by atoms with Gasteiger partial charge in [-0.3, -0.25) is 0 Å². The van der Waals surface area contributed by atoms with Gasteiger partial charge in [-0.05, 0) is 24.3 Å². The summed E-state index contributed by atoms with van der Waals surface area (Å²) in [5, 5.41) is 0. The maximum atomic E-state index is 12.6. The number of hydrogen-bond acceptors (Lipinski definition) is 5. The number of aromatic nitrogens is 1. The number of piperazine rings is 1. The number of fused-ring (bicyclic) bond motifs is 1. The molecule has 1 aromatic heterocycles. The van der Waals surface area contributed by atoms with Crippen molar-refractivity contribution in [2.75, 3.05) is 31.1 Å². The van der Waals surface area contributed by atoms with E-state index in [0.717, 1.165) is 12.3 Å². The molecule has 10 heteroatoms. The third kappa shape index (κ3) is 3.25. The number of anilines is 1. The van der Waals surface area contributed by atoms with Gasteiger partial charge in [0.25, 0.3) is 10.0 Å². The number of sulfonamides is 1. The van der Waals surface area contributed by atoms with Crippen molar-refractivity contribution in [1.82, 2.24) is 9.88 Å². The van der Waals surface area contributed by atoms with Crippen molar-refractivity contribution in [3.8, 4) is 0 Å². The monoisotopic (exact) mass is 396 g/mol. The Kier molecular flexibility index (Phi) is 4.10. The van der Waals surface area contributed by atoms with Gasteiger partial charge in [0.15, 0.2) is 5.84 Å². The van der Waals surface area contributed by atoms with E-state index in [-0.39, 0.29) is 4.90 Å². The molecule has 27 heavy (non-hydrogen) atoms. The van der Waals surface area contributed by atoms with Crippen molar-refractivity contribution in [1.29, 1.82) is 0 Å². The van der Waals surface area contributed by atoms with E-state index in [4.69, 9.17) is 0 Å². The highest BCUT2D eigenvalue weighted by Gasteiger charge is 2.34. The average Bonchev–Trinajstić information content (AvgIpc) is 2.93. The summed E-state index contributed by atoms with van der Waals surface area (Å²) < 4.78 is 66.2. The second kappa shape index (κ2) is 6.22. The molecular formula is C17H15F3N4O2S. The van der Waals surface area contributed by atoms with E-state index in [1.807, 2.05) is 9.80 Å². The second-order valence-electron chi connectivity index (χ2n) is 6.26. The number of rotatable bonds is 1. The number of alkyl halides is 3. The Labute approximate surface area is 154 Å². The number of benzene rings is 1. The van der Waals surface area contributed by atoms with Crippen LogP contribution in [0.4, 0.5) is 19.0 Å². The van der Waals surface area contributed by atoms with E-state index in [2.05, 4.69) is 9.38 Å². The lowest BCUT2D eigenvalue weighted by Crippen LogP contribution is -2.49. The summed E-state index contributed by atoms with van der Waals surface area (Å²) in [6.07, 6.45) is -3.59. The van der Waals surface area contributed by atoms with Crippen molar-refractivity contribution in [2.24, 2.45) is 4.40 Å². The molecule has 1 aromatic carbocycles. The van der Waals surface area contributed by atoms with E-state index in [1.165, 1.54) is 12.1 Å². The standard InChI is InChI=1S/C17H15F3N4O2S/c18-17(19,20)12-5-6-15(21-11-12)23-7-9-24(10-8-23)16-13-3-1-2-4-14(13)27(25,26)22-16/h1-6,11H,7-10H2. The quantitative estimate of drug-likeness (QED) is 0.741. The molecule has 0 aliphatic carbocycles. The number of pyridine rings is 1. The normalized spacial score (nSPS) is 19.0. The Morgan fingerprint density at radius 2 is 1.59 bits per heavy atom. The Morgan fingerprint density at radius 3 is 2.22 bits per heavy atom. The van der Waals surface area contributed by atoms with Gasteiger partial charge in [-0.2, -0.15) is 21.6 Å². The summed E-state index contributed by atoms with van der Waals surface area (Å²) in [6.45, 7) is 1.98. The zero-order chi connectivity index (χ0) is 19.2. The van der Waals surface area contributed by atoms with Crippen molar-refractivity contribution < 1.29 is 21.6 Å². The summed E-state index contributed by atoms with van der Waals surface area (Å²) in [5.74, 6) is 0.884. The Balaban J connectivity index is 1.49. The van der Waals surface area contributed by atoms with Crippen LogP contribution in [0.5, 0.6) is 0 Å². The molecule has 0 unspecified atom stereocenters. The molecule has 0 amide bonds. The van der Waals surface area contributed by atoms with Gasteiger partial charge in [0, 0.05) is 37.9 Å². The summed E-state index contributed by atoms with van der Waals surface area (Å²) in [7, 11) is -3.67. The van der Waals surface area contributed by atoms with Gasteiger partial charge in [-0.1, -0.05) is 12.1 Å². The van der Waals surface area contributed by atoms with E-state index < -0.39 is 21.8 Å². The van der Waals surface area contributed by atoms with Crippen LogP contribution < -0.4 is 4.90 Å². The lowest BCUT2D eigenvalue weighted by atomic mass is 10.1. The Morgan fingerprint density at radius 1 is 0.926 bits per heavy atom. The zero-order valence-electron chi connectivity index (χ0n) is 14.0. The molecule has 3 heterocycles. The highest BCUT2D eigenvalue weighted by Crippen LogP contribution is 2.30. The van der Waals surface area contributed by atoms with Gasteiger partial charge >= 0.3 is 6.18 Å². The summed E-state index contributed by atoms with van der Waals surface area (Å²) in [4.78, 5) is 7.86. The van der Waals surface area contributed by atoms with Crippen LogP contribution in [-0.4, -0.2) is 50.3 Å². The first kappa shape index (κ1) is 17.8. The largest absolute Gasteiger partial charge is 0.417 e. The van der Waals surface area contributed by atoms with Crippen LogP contribution in [0.3, 0.4) is 0 Å². The number of halogens is 3. The fourth-order valence-electron chi connectivity index (χ4n) is 3.20. The van der Waals surface area contributed by atoms with Gasteiger partial charge in [0.1, 0.15) is 10.7 Å². The summed E-state index contributed by atoms with van der Waals surface area (Å²) >= 11 is 0. The molecule has 2 aromatic rings. The highest BCUT2D eigenvalue weighted by atomic mass is 32.2. The molecule has 4 rings (SSSR count). The maximum Gasteiger partial charge on any atom is 0.417 e. The molecule has 0 bridgehead atoms. The molecule has 2 aliphatic rings. The van der Waals surface area contributed by atoms with Crippen molar-refractivity contribution in [2.45, 2.75) is 11.1 Å². The first-order valence-electron chi connectivity index (χ1n) is 8.23. The lowest BCUT2D eigenvalue weighted by molar-refractivity contribution is -0.137. The van der Waals surface area contributed by atoms with E-state index in [0.29, 0.717) is 43.4 Å². The van der Waals surface area contributed by atoms with Crippen LogP contribution in [-0.2, 0) is 16.2 Å². The van der Waals surface area contributed by atoms with E-state index >= 15 is 0 Å². The van der Waals surface area contributed by atoms with E-state index in [9.17, 15) is 21.6 Å². The van der Waals surface area contributed by atoms with Crippen LogP contribution in [0.25, 0.3) is 0 Å². The molecule has 1 fully saturated rings. The lowest BCUT2D eigenvalue weighted by Gasteiger charge is -2.36. The number of amidine groups is 1. The molecule has 0 spiro atoms. The van der Waals surface area contributed by atoms with Gasteiger partial charge in [0.2, 0.25) is 0 Å². The van der Waals surface area contributed by atoms with Gasteiger partial charge < -0.3 is 9.80 Å². The van der Waals surface area contributed by atoms with Crippen LogP contribution in [0.15, 0.2) is 51.9 Å². The molecule has 0 saturated carbocycles. The second-order valence-corrected chi connectivity index (χ2v) is 7.84. The molecule has 0 radical (unpaired) electrons. The minimum absolute atomic E-state index is 0.201. The fourth-order valence-corrected chi connectivity index (χ4v) is 4.43. The smallest absolute Gasteiger partial charge is 0.353 e. The average molecular weight is 396 g/mol. The maximum absolute atomic E-state index is 12.6. The third-order valence-corrected chi connectivity index (χ3v) is 5.92. The SMILES string of the molecule is O=S1(=O)N=C(N2CCN(c3ccc(C(F)(F)F)cn3)CC2)c2ccccc21. The van der Waals surface area contributed by atoms with Crippen LogP contribution >= 0.6 is 0 Å². The predicted molar refractivity (Wildman–Crippen MR) is 93.2 cm³/mol. The molecule has 0 atom stereocenters. The van der Waals surface area contributed by atoms with E-state index in [1.54, 1.807) is 18.2 Å². The Bertz CT molecular complexity index is 996. The molecule has 6 nitrogen and oxygen atoms in total. The van der Waals surface area contributed by atoms with Crippen LogP contribution in [0, 0.1) is 0 Å². The first-order chi connectivity index (χ1) is 12.8. The third-order valence-electron chi connectivity index (χ3n) is 4.59. The minimum atomic E-state index is -4.41. The van der Waals surface area contributed by atoms with Crippen molar-refractivity contribution >= 4 is 21.7 Å². The van der Waals surface area contributed by atoms with Gasteiger partial charge in [-0.15, -0.1) is 4.40 Å². The van der Waals surface area contributed by atoms with Crippen LogP contribution in [0.2, 0.25) is 0 Å². The fraction of sp³-hybridized carbons (Fsp3) is 0.294.